The molecule has 1 aliphatic rings. The van der Waals surface area contributed by atoms with Crippen LogP contribution in [-0.2, 0) is 0 Å². The van der Waals surface area contributed by atoms with Crippen LogP contribution in [0.4, 0.5) is 0 Å². The molecule has 0 N–H and O–H groups in total. The second-order valence-electron chi connectivity index (χ2n) is 13.6. The number of allylic oxidation sites excluding steroid dienone is 4. The van der Waals surface area contributed by atoms with Crippen molar-refractivity contribution in [2.45, 2.75) is 12.5 Å². The van der Waals surface area contributed by atoms with E-state index in [0.717, 1.165) is 56.3 Å². The van der Waals surface area contributed by atoms with Crippen LogP contribution < -0.4 is 0 Å². The topological polar surface area (TPSA) is 23.0 Å². The molecule has 240 valence electrons. The summed E-state index contributed by atoms with van der Waals surface area (Å²) >= 11 is 0. The molecule has 0 aliphatic heterocycles. The summed E-state index contributed by atoms with van der Waals surface area (Å²) in [6.45, 7) is 0. The maximum atomic E-state index is 6.97. The summed E-state index contributed by atoms with van der Waals surface area (Å²) < 4.78 is 11.8. The van der Waals surface area contributed by atoms with Crippen LogP contribution in [0.15, 0.2) is 180 Å². The molecule has 1 unspecified atom stereocenters. The standard InChI is InChI=1S/C48H32N2O/c1-3-13-33(14-4-1)49-43-23-9-7-17-37(43)41-29-31(25-27-45(41)49)35-19-11-21-39-40-22-12-20-36(48(40)51-47(35)39)32-26-28-46-42(30-32)38-18-8-10-24-44(38)50(46)34-15-5-2-6-16-34/h1-15,17-30,34H,16H2. The van der Waals surface area contributed by atoms with E-state index in [-0.39, 0.29) is 0 Å². The molecule has 3 nitrogen and oxygen atoms in total. The van der Waals surface area contributed by atoms with E-state index in [4.69, 9.17) is 4.42 Å². The van der Waals surface area contributed by atoms with Gasteiger partial charge in [0.25, 0.3) is 0 Å². The molecule has 0 spiro atoms. The van der Waals surface area contributed by atoms with Gasteiger partial charge >= 0.3 is 0 Å². The Kier molecular flexibility index (Phi) is 6.08. The molecule has 0 radical (unpaired) electrons. The second kappa shape index (κ2) is 11.0. The molecule has 7 aromatic carbocycles. The molecule has 3 aromatic heterocycles. The molecule has 0 amide bonds. The number of fused-ring (bicyclic) bond motifs is 9. The predicted molar refractivity (Wildman–Crippen MR) is 214 cm³/mol. The highest BCUT2D eigenvalue weighted by Crippen LogP contribution is 2.43. The van der Waals surface area contributed by atoms with Crippen molar-refractivity contribution in [2.24, 2.45) is 0 Å². The lowest BCUT2D eigenvalue weighted by Crippen LogP contribution is -2.06. The predicted octanol–water partition coefficient (Wildman–Crippen LogP) is 13.2. The van der Waals surface area contributed by atoms with Crippen molar-refractivity contribution in [2.75, 3.05) is 0 Å². The van der Waals surface area contributed by atoms with Crippen molar-refractivity contribution in [1.29, 1.82) is 0 Å². The number of benzene rings is 7. The highest BCUT2D eigenvalue weighted by Gasteiger charge is 2.20. The molecule has 3 heteroatoms. The molecule has 11 rings (SSSR count). The number of hydrogen-bond acceptors (Lipinski definition) is 1. The first-order chi connectivity index (χ1) is 25.3. The smallest absolute Gasteiger partial charge is 0.143 e. The molecule has 0 bridgehead atoms. The number of nitrogens with zero attached hydrogens (tertiary/aromatic N) is 2. The minimum Gasteiger partial charge on any atom is -0.455 e. The molecule has 0 saturated heterocycles. The van der Waals surface area contributed by atoms with Crippen LogP contribution in [0.25, 0.3) is 93.5 Å². The minimum atomic E-state index is 0.301. The second-order valence-corrected chi connectivity index (χ2v) is 13.6. The minimum absolute atomic E-state index is 0.301. The van der Waals surface area contributed by atoms with Gasteiger partial charge in [-0.1, -0.05) is 127 Å². The van der Waals surface area contributed by atoms with Crippen LogP contribution in [0.1, 0.15) is 12.5 Å². The maximum Gasteiger partial charge on any atom is 0.143 e. The summed E-state index contributed by atoms with van der Waals surface area (Å²) in [5, 5.41) is 7.28. The normalized spacial score (nSPS) is 14.6. The lowest BCUT2D eigenvalue weighted by molar-refractivity contribution is 0.648. The molecule has 51 heavy (non-hydrogen) atoms. The van der Waals surface area contributed by atoms with Crippen LogP contribution in [0, 0.1) is 0 Å². The Hall–Kier alpha value is -6.58. The van der Waals surface area contributed by atoms with E-state index in [0.29, 0.717) is 6.04 Å². The zero-order chi connectivity index (χ0) is 33.5. The third-order valence-electron chi connectivity index (χ3n) is 10.8. The number of furan rings is 1. The Balaban J connectivity index is 1.09. The third kappa shape index (κ3) is 4.18. The highest BCUT2D eigenvalue weighted by atomic mass is 16.3. The first-order valence-corrected chi connectivity index (χ1v) is 17.7. The van der Waals surface area contributed by atoms with Crippen molar-refractivity contribution >= 4 is 65.6 Å². The first-order valence-electron chi connectivity index (χ1n) is 17.7. The number of para-hydroxylation sites is 5. The summed E-state index contributed by atoms with van der Waals surface area (Å²) in [7, 11) is 0. The Morgan fingerprint density at radius 3 is 1.69 bits per heavy atom. The van der Waals surface area contributed by atoms with Gasteiger partial charge in [-0.25, -0.2) is 0 Å². The summed E-state index contributed by atoms with van der Waals surface area (Å²) in [5.74, 6) is 0. The van der Waals surface area contributed by atoms with Gasteiger partial charge in [-0.2, -0.15) is 0 Å². The number of rotatable bonds is 4. The van der Waals surface area contributed by atoms with E-state index < -0.39 is 0 Å². The average molecular weight is 653 g/mol. The third-order valence-corrected chi connectivity index (χ3v) is 10.8. The quantitative estimate of drug-likeness (QED) is 0.186. The van der Waals surface area contributed by atoms with Gasteiger partial charge in [0.2, 0.25) is 0 Å². The van der Waals surface area contributed by atoms with Crippen LogP contribution >= 0.6 is 0 Å². The molecule has 0 saturated carbocycles. The van der Waals surface area contributed by atoms with Gasteiger partial charge in [0, 0.05) is 60.2 Å². The molecule has 0 fully saturated rings. The molecule has 1 aliphatic carbocycles. The largest absolute Gasteiger partial charge is 0.455 e. The van der Waals surface area contributed by atoms with Gasteiger partial charge in [-0.15, -0.1) is 0 Å². The van der Waals surface area contributed by atoms with Gasteiger partial charge < -0.3 is 13.6 Å². The Bertz CT molecular complexity index is 3060. The van der Waals surface area contributed by atoms with E-state index in [1.54, 1.807) is 0 Å². The summed E-state index contributed by atoms with van der Waals surface area (Å²) in [4.78, 5) is 0. The van der Waals surface area contributed by atoms with Gasteiger partial charge in [0.05, 0.1) is 17.1 Å². The molecule has 3 heterocycles. The van der Waals surface area contributed by atoms with Crippen LogP contribution in [0.5, 0.6) is 0 Å². The lowest BCUT2D eigenvalue weighted by Gasteiger charge is -2.18. The van der Waals surface area contributed by atoms with Crippen molar-refractivity contribution in [3.8, 4) is 27.9 Å². The fraction of sp³-hybridized carbons (Fsp3) is 0.0417. The van der Waals surface area contributed by atoms with E-state index in [1.807, 2.05) is 0 Å². The fourth-order valence-electron chi connectivity index (χ4n) is 8.56. The van der Waals surface area contributed by atoms with Crippen molar-refractivity contribution in [3.63, 3.8) is 0 Å². The van der Waals surface area contributed by atoms with Crippen molar-refractivity contribution in [3.05, 3.63) is 176 Å². The van der Waals surface area contributed by atoms with Crippen LogP contribution in [0.2, 0.25) is 0 Å². The SMILES string of the molecule is C1=CCC(n2c3ccccc3c3cc(-c4cccc5c4oc4c(-c6ccc7c(c6)c6ccccc6n7-c6ccccc6)cccc45)ccc32)C=C1. The lowest BCUT2D eigenvalue weighted by atomic mass is 9.98. The van der Waals surface area contributed by atoms with Crippen LogP contribution in [0.3, 0.4) is 0 Å². The summed E-state index contributed by atoms with van der Waals surface area (Å²) in [6.07, 6.45) is 9.88. The number of hydrogen-bond donors (Lipinski definition) is 0. The van der Waals surface area contributed by atoms with Crippen LogP contribution in [-0.4, -0.2) is 9.13 Å². The highest BCUT2D eigenvalue weighted by molar-refractivity contribution is 6.16. The van der Waals surface area contributed by atoms with E-state index >= 15 is 0 Å². The van der Waals surface area contributed by atoms with Gasteiger partial charge in [-0.05, 0) is 66.1 Å². The summed E-state index contributed by atoms with van der Waals surface area (Å²) in [5.41, 5.74) is 12.4. The van der Waals surface area contributed by atoms with E-state index in [2.05, 4.69) is 185 Å². The van der Waals surface area contributed by atoms with Gasteiger partial charge in [-0.3, -0.25) is 0 Å². The van der Waals surface area contributed by atoms with E-state index in [1.165, 1.54) is 43.6 Å². The molecule has 1 atom stereocenters. The first kappa shape index (κ1) is 28.3. The maximum absolute atomic E-state index is 6.97. The van der Waals surface area contributed by atoms with Gasteiger partial charge in [0.1, 0.15) is 11.2 Å². The van der Waals surface area contributed by atoms with E-state index in [9.17, 15) is 0 Å². The number of aromatic nitrogens is 2. The van der Waals surface area contributed by atoms with Crippen molar-refractivity contribution in [1.82, 2.24) is 9.13 Å². The van der Waals surface area contributed by atoms with Crippen molar-refractivity contribution < 1.29 is 4.42 Å². The fourth-order valence-corrected chi connectivity index (χ4v) is 8.56. The molecular weight excluding hydrogens is 621 g/mol. The van der Waals surface area contributed by atoms with Gasteiger partial charge in [0.15, 0.2) is 0 Å². The Morgan fingerprint density at radius 2 is 1.00 bits per heavy atom. The average Bonchev–Trinajstić information content (AvgIpc) is 3.86. The Morgan fingerprint density at radius 1 is 0.451 bits per heavy atom. The zero-order valence-electron chi connectivity index (χ0n) is 27.8. The Labute approximate surface area is 294 Å². The summed E-state index contributed by atoms with van der Waals surface area (Å²) in [6, 6.07) is 55.3. The molecule has 10 aromatic rings. The molecular formula is C48H32N2O. The monoisotopic (exact) mass is 652 g/mol. The zero-order valence-corrected chi connectivity index (χ0v) is 27.8.